The number of pyridine rings is 2. The number of hydrogen-bond donors (Lipinski definition) is 0. The fraction of sp³-hybridized carbons (Fsp3) is 0.0714. The zero-order valence-corrected chi connectivity index (χ0v) is 10.6. The number of hydrogen-bond acceptors (Lipinski definition) is 4. The molecule has 0 bridgehead atoms. The minimum absolute atomic E-state index is 0.855. The van der Waals surface area contributed by atoms with E-state index in [-0.39, 0.29) is 0 Å². The average Bonchev–Trinajstić information content (AvgIpc) is 3.05. The van der Waals surface area contributed by atoms with E-state index in [4.69, 9.17) is 4.42 Å². The van der Waals surface area contributed by atoms with E-state index in [1.54, 1.807) is 11.3 Å². The molecule has 0 N–H and O–H groups in total. The Balaban J connectivity index is 1.94. The Hall–Kier alpha value is -2.27. The molecule has 4 nitrogen and oxygen atoms in total. The molecule has 0 fully saturated rings. The van der Waals surface area contributed by atoms with E-state index in [0.717, 1.165) is 28.1 Å². The lowest BCUT2D eigenvalue weighted by Gasteiger charge is -1.88. The van der Waals surface area contributed by atoms with Crippen LogP contribution in [0, 0.1) is 0 Å². The Labute approximate surface area is 112 Å². The maximum Gasteiger partial charge on any atom is 0.290 e. The summed E-state index contributed by atoms with van der Waals surface area (Å²) in [6, 6.07) is 5.95. The predicted octanol–water partition coefficient (Wildman–Crippen LogP) is 2.75. The van der Waals surface area contributed by atoms with Crippen LogP contribution in [0.2, 0.25) is 0 Å². The van der Waals surface area contributed by atoms with Gasteiger partial charge in [-0.3, -0.25) is 4.98 Å². The van der Waals surface area contributed by atoms with Gasteiger partial charge in [0, 0.05) is 24.2 Å². The van der Waals surface area contributed by atoms with Crippen LogP contribution in [-0.4, -0.2) is 9.97 Å². The molecule has 1 aliphatic heterocycles. The first-order valence-corrected chi connectivity index (χ1v) is 6.86. The van der Waals surface area contributed by atoms with Crippen LogP contribution >= 0.6 is 11.3 Å². The lowest BCUT2D eigenvalue weighted by atomic mass is 10.2. The highest BCUT2D eigenvalue weighted by Crippen LogP contribution is 2.38. The van der Waals surface area contributed by atoms with Gasteiger partial charge in [-0.05, 0) is 29.5 Å². The van der Waals surface area contributed by atoms with Crippen molar-refractivity contribution in [3.8, 4) is 10.6 Å². The van der Waals surface area contributed by atoms with Gasteiger partial charge < -0.3 is 4.42 Å². The summed E-state index contributed by atoms with van der Waals surface area (Å²) in [4.78, 5) is 9.62. The lowest BCUT2D eigenvalue weighted by molar-refractivity contribution is -0.641. The number of aromatic nitrogens is 3. The molecule has 90 valence electrons. The van der Waals surface area contributed by atoms with Crippen molar-refractivity contribution in [1.29, 1.82) is 0 Å². The van der Waals surface area contributed by atoms with Crippen LogP contribution in [0.15, 0.2) is 41.2 Å². The van der Waals surface area contributed by atoms with Gasteiger partial charge in [0.25, 0.3) is 15.4 Å². The molecule has 1 aliphatic rings. The fourth-order valence-corrected chi connectivity index (χ4v) is 3.89. The molecular weight excluding hydrogens is 258 g/mol. The fourth-order valence-electron chi connectivity index (χ4n) is 2.72. The third-order valence-corrected chi connectivity index (χ3v) is 4.66. The van der Waals surface area contributed by atoms with Gasteiger partial charge >= 0.3 is 0 Å². The summed E-state index contributed by atoms with van der Waals surface area (Å²) in [7, 11) is 0. The Morgan fingerprint density at radius 3 is 3.26 bits per heavy atom. The number of rotatable bonds is 0. The molecule has 4 aromatic heterocycles. The van der Waals surface area contributed by atoms with E-state index in [2.05, 4.69) is 20.6 Å². The smallest absolute Gasteiger partial charge is 0.290 e. The Kier molecular flexibility index (Phi) is 1.62. The van der Waals surface area contributed by atoms with E-state index in [1.807, 2.05) is 30.7 Å². The molecule has 0 aromatic carbocycles. The molecule has 0 saturated heterocycles. The zero-order chi connectivity index (χ0) is 12.4. The second kappa shape index (κ2) is 3.19. The van der Waals surface area contributed by atoms with E-state index in [1.165, 1.54) is 16.1 Å². The lowest BCUT2D eigenvalue weighted by Crippen LogP contribution is -2.30. The van der Waals surface area contributed by atoms with E-state index >= 15 is 0 Å². The standard InChI is InChI=1S/C14H8N3OS/c1-2-10-11(16-4-1)12-14(18-10)19-13-9-6-15-5-3-8(9)7-17(12)13/h1-6H,7H2/q+1. The minimum atomic E-state index is 0.855. The summed E-state index contributed by atoms with van der Waals surface area (Å²) < 4.78 is 8.16. The molecule has 0 amide bonds. The van der Waals surface area contributed by atoms with Gasteiger partial charge in [-0.2, -0.15) is 4.57 Å². The summed E-state index contributed by atoms with van der Waals surface area (Å²) >= 11 is 1.67. The molecule has 0 saturated carbocycles. The first-order valence-electron chi connectivity index (χ1n) is 6.05. The van der Waals surface area contributed by atoms with Gasteiger partial charge in [-0.25, -0.2) is 4.98 Å². The van der Waals surface area contributed by atoms with Crippen LogP contribution in [0.4, 0.5) is 0 Å². The molecule has 0 unspecified atom stereocenters. The zero-order valence-electron chi connectivity index (χ0n) is 9.83. The van der Waals surface area contributed by atoms with Crippen molar-refractivity contribution in [1.82, 2.24) is 9.97 Å². The van der Waals surface area contributed by atoms with Crippen molar-refractivity contribution in [2.75, 3.05) is 0 Å². The maximum atomic E-state index is 5.88. The molecular formula is C14H8N3OS+. The summed E-state index contributed by atoms with van der Waals surface area (Å²) in [6.07, 6.45) is 5.59. The monoisotopic (exact) mass is 266 g/mol. The number of furan rings is 1. The molecule has 19 heavy (non-hydrogen) atoms. The maximum absolute atomic E-state index is 5.88. The van der Waals surface area contributed by atoms with Gasteiger partial charge in [0.05, 0.1) is 5.56 Å². The van der Waals surface area contributed by atoms with Gasteiger partial charge in [0.1, 0.15) is 0 Å². The quantitative estimate of drug-likeness (QED) is 0.405. The Bertz CT molecular complexity index is 954. The van der Waals surface area contributed by atoms with Crippen molar-refractivity contribution in [3.63, 3.8) is 0 Å². The molecule has 4 aromatic rings. The number of fused-ring (bicyclic) bond motifs is 7. The number of nitrogens with zero attached hydrogens (tertiary/aromatic N) is 3. The molecule has 5 rings (SSSR count). The van der Waals surface area contributed by atoms with Crippen LogP contribution in [0.3, 0.4) is 0 Å². The number of thiazole rings is 1. The second-order valence-electron chi connectivity index (χ2n) is 4.61. The Morgan fingerprint density at radius 1 is 1.26 bits per heavy atom. The molecule has 5 heterocycles. The summed E-state index contributed by atoms with van der Waals surface area (Å²) in [6.45, 7) is 0.873. The van der Waals surface area contributed by atoms with Crippen LogP contribution in [-0.2, 0) is 6.54 Å². The minimum Gasteiger partial charge on any atom is -0.437 e. The van der Waals surface area contributed by atoms with Crippen LogP contribution in [0.5, 0.6) is 0 Å². The highest BCUT2D eigenvalue weighted by atomic mass is 32.1. The van der Waals surface area contributed by atoms with Crippen molar-refractivity contribution in [2.24, 2.45) is 0 Å². The van der Waals surface area contributed by atoms with E-state index in [9.17, 15) is 0 Å². The highest BCUT2D eigenvalue weighted by molar-refractivity contribution is 7.20. The molecule has 0 radical (unpaired) electrons. The SMILES string of the molecule is c1cnc2c(c1)oc1sc3[n+](c12)Cc1ccncc1-3. The van der Waals surface area contributed by atoms with Crippen LogP contribution < -0.4 is 4.57 Å². The summed E-state index contributed by atoms with van der Waals surface area (Å²) in [5, 5.41) is 1.21. The van der Waals surface area contributed by atoms with Gasteiger partial charge in [-0.15, -0.1) is 0 Å². The largest absolute Gasteiger partial charge is 0.437 e. The van der Waals surface area contributed by atoms with E-state index < -0.39 is 0 Å². The van der Waals surface area contributed by atoms with Crippen molar-refractivity contribution in [2.45, 2.75) is 6.54 Å². The predicted molar refractivity (Wildman–Crippen MR) is 71.9 cm³/mol. The Morgan fingerprint density at radius 2 is 2.26 bits per heavy atom. The second-order valence-corrected chi connectivity index (χ2v) is 5.58. The van der Waals surface area contributed by atoms with Gasteiger partial charge in [-0.1, -0.05) is 0 Å². The normalized spacial score (nSPS) is 13.1. The molecule has 0 atom stereocenters. The van der Waals surface area contributed by atoms with Gasteiger partial charge in [0.2, 0.25) is 0 Å². The van der Waals surface area contributed by atoms with E-state index in [0.29, 0.717) is 0 Å². The van der Waals surface area contributed by atoms with Crippen LogP contribution in [0.1, 0.15) is 5.56 Å². The summed E-state index contributed by atoms with van der Waals surface area (Å²) in [5.41, 5.74) is 5.43. The summed E-state index contributed by atoms with van der Waals surface area (Å²) in [5.74, 6) is 0. The first kappa shape index (κ1) is 9.63. The third-order valence-electron chi connectivity index (χ3n) is 3.57. The molecule has 0 aliphatic carbocycles. The van der Waals surface area contributed by atoms with Crippen molar-refractivity contribution in [3.05, 3.63) is 42.4 Å². The third kappa shape index (κ3) is 1.11. The van der Waals surface area contributed by atoms with Crippen molar-refractivity contribution < 1.29 is 8.98 Å². The molecule has 5 heteroatoms. The van der Waals surface area contributed by atoms with Gasteiger partial charge in [0.15, 0.2) is 17.6 Å². The average molecular weight is 266 g/mol. The molecule has 0 spiro atoms. The van der Waals surface area contributed by atoms with Crippen molar-refractivity contribution >= 4 is 32.8 Å². The van der Waals surface area contributed by atoms with Crippen LogP contribution in [0.25, 0.3) is 32.1 Å². The topological polar surface area (TPSA) is 42.8 Å². The first-order chi connectivity index (χ1) is 9.42. The highest BCUT2D eigenvalue weighted by Gasteiger charge is 2.35.